The number of hydrogen-bond acceptors (Lipinski definition) is 2. The zero-order valence-corrected chi connectivity index (χ0v) is 10.5. The second-order valence-corrected chi connectivity index (χ2v) is 4.17. The molecule has 2 N–H and O–H groups in total. The van der Waals surface area contributed by atoms with E-state index in [1.54, 1.807) is 6.07 Å². The lowest BCUT2D eigenvalue weighted by molar-refractivity contribution is 0.102. The third kappa shape index (κ3) is 3.10. The molecule has 0 aliphatic heterocycles. The SMILES string of the molecule is CCc1cccc(NC(=O)c2cc(F)ccc2O)c1. The zero-order chi connectivity index (χ0) is 13.8. The molecule has 0 radical (unpaired) electrons. The van der Waals surface area contributed by atoms with Crippen molar-refractivity contribution in [2.24, 2.45) is 0 Å². The largest absolute Gasteiger partial charge is 0.507 e. The van der Waals surface area contributed by atoms with Crippen LogP contribution in [0.4, 0.5) is 10.1 Å². The maximum Gasteiger partial charge on any atom is 0.259 e. The molecule has 0 fully saturated rings. The minimum absolute atomic E-state index is 0.0816. The Morgan fingerprint density at radius 2 is 2.05 bits per heavy atom. The molecule has 0 aliphatic rings. The van der Waals surface area contributed by atoms with Crippen molar-refractivity contribution in [1.29, 1.82) is 0 Å². The number of phenolic OH excluding ortho intramolecular Hbond substituents is 1. The summed E-state index contributed by atoms with van der Waals surface area (Å²) in [7, 11) is 0. The molecular formula is C15H14FNO2. The number of rotatable bonds is 3. The first-order valence-corrected chi connectivity index (χ1v) is 5.99. The molecule has 0 bridgehead atoms. The van der Waals surface area contributed by atoms with Gasteiger partial charge in [0.25, 0.3) is 5.91 Å². The Morgan fingerprint density at radius 1 is 1.26 bits per heavy atom. The maximum atomic E-state index is 13.1. The molecule has 0 saturated carbocycles. The monoisotopic (exact) mass is 259 g/mol. The third-order valence-electron chi connectivity index (χ3n) is 2.80. The summed E-state index contributed by atoms with van der Waals surface area (Å²) < 4.78 is 13.1. The number of amides is 1. The lowest BCUT2D eigenvalue weighted by atomic mass is 10.1. The van der Waals surface area contributed by atoms with Crippen LogP contribution >= 0.6 is 0 Å². The average Bonchev–Trinajstić information content (AvgIpc) is 2.41. The van der Waals surface area contributed by atoms with Gasteiger partial charge in [-0.2, -0.15) is 0 Å². The number of carbonyl (C=O) groups is 1. The Hall–Kier alpha value is -2.36. The fourth-order valence-corrected chi connectivity index (χ4v) is 1.76. The topological polar surface area (TPSA) is 49.3 Å². The number of anilines is 1. The highest BCUT2D eigenvalue weighted by molar-refractivity contribution is 6.06. The molecule has 0 unspecified atom stereocenters. The van der Waals surface area contributed by atoms with Crippen molar-refractivity contribution < 1.29 is 14.3 Å². The normalized spacial score (nSPS) is 10.2. The number of carbonyl (C=O) groups excluding carboxylic acids is 1. The van der Waals surface area contributed by atoms with E-state index in [0.29, 0.717) is 5.69 Å². The molecule has 0 saturated heterocycles. The zero-order valence-electron chi connectivity index (χ0n) is 10.5. The van der Waals surface area contributed by atoms with Gasteiger partial charge in [-0.1, -0.05) is 19.1 Å². The molecule has 0 aromatic heterocycles. The van der Waals surface area contributed by atoms with Crippen molar-refractivity contribution in [3.8, 4) is 5.75 Å². The van der Waals surface area contributed by atoms with Crippen LogP contribution in [-0.2, 0) is 6.42 Å². The van der Waals surface area contributed by atoms with Gasteiger partial charge in [0.15, 0.2) is 0 Å². The van der Waals surface area contributed by atoms with Gasteiger partial charge in [-0.3, -0.25) is 4.79 Å². The Bertz CT molecular complexity index is 611. The highest BCUT2D eigenvalue weighted by atomic mass is 19.1. The van der Waals surface area contributed by atoms with Gasteiger partial charge in [0.1, 0.15) is 11.6 Å². The molecule has 3 nitrogen and oxygen atoms in total. The van der Waals surface area contributed by atoms with Crippen molar-refractivity contribution >= 4 is 11.6 Å². The van der Waals surface area contributed by atoms with Gasteiger partial charge in [-0.05, 0) is 42.3 Å². The van der Waals surface area contributed by atoms with E-state index >= 15 is 0 Å². The number of aromatic hydroxyl groups is 1. The molecule has 0 heterocycles. The van der Waals surface area contributed by atoms with Gasteiger partial charge in [0, 0.05) is 5.69 Å². The van der Waals surface area contributed by atoms with Crippen LogP contribution < -0.4 is 5.32 Å². The summed E-state index contributed by atoms with van der Waals surface area (Å²) in [5.74, 6) is -1.35. The molecule has 0 spiro atoms. The van der Waals surface area contributed by atoms with Crippen molar-refractivity contribution in [1.82, 2.24) is 0 Å². The molecule has 2 rings (SSSR count). The van der Waals surface area contributed by atoms with Crippen molar-refractivity contribution in [3.05, 3.63) is 59.4 Å². The van der Waals surface area contributed by atoms with Gasteiger partial charge in [0.05, 0.1) is 5.56 Å². The molecule has 2 aromatic carbocycles. The number of hydrogen-bond donors (Lipinski definition) is 2. The van der Waals surface area contributed by atoms with Crippen LogP contribution in [0.5, 0.6) is 5.75 Å². The van der Waals surface area contributed by atoms with Crippen LogP contribution in [0.2, 0.25) is 0 Å². The summed E-state index contributed by atoms with van der Waals surface area (Å²) in [5, 5.41) is 12.2. The predicted octanol–water partition coefficient (Wildman–Crippen LogP) is 3.35. The quantitative estimate of drug-likeness (QED) is 0.888. The van der Waals surface area contributed by atoms with E-state index in [4.69, 9.17) is 0 Å². The van der Waals surface area contributed by atoms with Crippen LogP contribution in [0.1, 0.15) is 22.8 Å². The van der Waals surface area contributed by atoms with Crippen molar-refractivity contribution in [2.45, 2.75) is 13.3 Å². The van der Waals surface area contributed by atoms with Crippen molar-refractivity contribution in [2.75, 3.05) is 5.32 Å². The van der Waals surface area contributed by atoms with E-state index in [2.05, 4.69) is 5.32 Å². The van der Waals surface area contributed by atoms with Gasteiger partial charge in [0.2, 0.25) is 0 Å². The minimum Gasteiger partial charge on any atom is -0.507 e. The molecule has 2 aromatic rings. The summed E-state index contributed by atoms with van der Waals surface area (Å²) >= 11 is 0. The van der Waals surface area contributed by atoms with Gasteiger partial charge in [-0.25, -0.2) is 4.39 Å². The molecule has 1 amide bonds. The predicted molar refractivity (Wildman–Crippen MR) is 71.8 cm³/mol. The Kier molecular flexibility index (Phi) is 3.80. The highest BCUT2D eigenvalue weighted by Gasteiger charge is 2.12. The first-order valence-electron chi connectivity index (χ1n) is 5.99. The number of halogens is 1. The van der Waals surface area contributed by atoms with Gasteiger partial charge in [-0.15, -0.1) is 0 Å². The average molecular weight is 259 g/mol. The van der Waals surface area contributed by atoms with E-state index in [1.165, 1.54) is 0 Å². The summed E-state index contributed by atoms with van der Waals surface area (Å²) in [6.45, 7) is 2.01. The number of aryl methyl sites for hydroxylation is 1. The Labute approximate surface area is 110 Å². The highest BCUT2D eigenvalue weighted by Crippen LogP contribution is 2.20. The Balaban J connectivity index is 2.23. The standard InChI is InChI=1S/C15H14FNO2/c1-2-10-4-3-5-12(8-10)17-15(19)13-9-11(16)6-7-14(13)18/h3-9,18H,2H2,1H3,(H,17,19). The lowest BCUT2D eigenvalue weighted by Crippen LogP contribution is -2.12. The summed E-state index contributed by atoms with van der Waals surface area (Å²) in [6.07, 6.45) is 0.856. The fourth-order valence-electron chi connectivity index (χ4n) is 1.76. The summed E-state index contributed by atoms with van der Waals surface area (Å²) in [6, 6.07) is 10.6. The molecule has 0 atom stereocenters. The Morgan fingerprint density at radius 3 is 2.79 bits per heavy atom. The molecular weight excluding hydrogens is 245 g/mol. The minimum atomic E-state index is -0.565. The molecule has 98 valence electrons. The van der Waals surface area contributed by atoms with Crippen LogP contribution in [0.15, 0.2) is 42.5 Å². The number of nitrogens with one attached hydrogen (secondary N) is 1. The van der Waals surface area contributed by atoms with E-state index in [-0.39, 0.29) is 11.3 Å². The first-order chi connectivity index (χ1) is 9.10. The smallest absolute Gasteiger partial charge is 0.259 e. The first kappa shape index (κ1) is 13.1. The van der Waals surface area contributed by atoms with E-state index in [1.807, 2.05) is 25.1 Å². The second kappa shape index (κ2) is 5.52. The van der Waals surface area contributed by atoms with Gasteiger partial charge >= 0.3 is 0 Å². The molecule has 19 heavy (non-hydrogen) atoms. The lowest BCUT2D eigenvalue weighted by Gasteiger charge is -2.08. The van der Waals surface area contributed by atoms with Gasteiger partial charge < -0.3 is 10.4 Å². The van der Waals surface area contributed by atoms with Crippen LogP contribution in [0.3, 0.4) is 0 Å². The van der Waals surface area contributed by atoms with Crippen molar-refractivity contribution in [3.63, 3.8) is 0 Å². The summed E-state index contributed by atoms with van der Waals surface area (Å²) in [5.41, 5.74) is 1.62. The second-order valence-electron chi connectivity index (χ2n) is 4.17. The van der Waals surface area contributed by atoms with Crippen LogP contribution in [0, 0.1) is 5.82 Å². The number of benzene rings is 2. The fraction of sp³-hybridized carbons (Fsp3) is 0.133. The number of phenols is 1. The third-order valence-corrected chi connectivity index (χ3v) is 2.80. The van der Waals surface area contributed by atoms with Crippen LogP contribution in [-0.4, -0.2) is 11.0 Å². The van der Waals surface area contributed by atoms with E-state index in [9.17, 15) is 14.3 Å². The molecule has 0 aliphatic carbocycles. The van der Waals surface area contributed by atoms with E-state index in [0.717, 1.165) is 30.2 Å². The van der Waals surface area contributed by atoms with Crippen LogP contribution in [0.25, 0.3) is 0 Å². The van der Waals surface area contributed by atoms with E-state index < -0.39 is 11.7 Å². The summed E-state index contributed by atoms with van der Waals surface area (Å²) in [4.78, 5) is 11.9. The molecule has 4 heteroatoms. The maximum absolute atomic E-state index is 13.1.